The third-order valence-electron chi connectivity index (χ3n) is 2.43. The van der Waals surface area contributed by atoms with Crippen molar-refractivity contribution in [3.05, 3.63) is 29.8 Å². The maximum Gasteiger partial charge on any atom is 0.274 e. The first-order valence-electron chi connectivity index (χ1n) is 5.68. The summed E-state index contributed by atoms with van der Waals surface area (Å²) in [5.74, 6) is -0.795. The second-order valence-electron chi connectivity index (χ2n) is 4.38. The Morgan fingerprint density at radius 1 is 1.30 bits per heavy atom. The summed E-state index contributed by atoms with van der Waals surface area (Å²) in [5.41, 5.74) is 2.43. The third kappa shape index (κ3) is 4.63. The van der Waals surface area contributed by atoms with E-state index in [4.69, 9.17) is 9.62 Å². The van der Waals surface area contributed by atoms with Crippen LogP contribution in [0.2, 0.25) is 0 Å². The van der Waals surface area contributed by atoms with E-state index in [-0.39, 0.29) is 18.1 Å². The summed E-state index contributed by atoms with van der Waals surface area (Å²) in [6.07, 6.45) is 1.30. The number of hydrogen-bond donors (Lipinski definition) is 2. The van der Waals surface area contributed by atoms with Crippen LogP contribution >= 0.6 is 0 Å². The number of hydrogen-bond acceptors (Lipinski definition) is 5. The molecule has 0 saturated heterocycles. The lowest BCUT2D eigenvalue weighted by molar-refractivity contribution is -0.135. The zero-order valence-corrected chi connectivity index (χ0v) is 12.3. The van der Waals surface area contributed by atoms with Crippen molar-refractivity contribution in [1.82, 2.24) is 10.4 Å². The Hall–Kier alpha value is -1.93. The van der Waals surface area contributed by atoms with Crippen molar-refractivity contribution in [3.63, 3.8) is 0 Å². The van der Waals surface area contributed by atoms with E-state index in [2.05, 4.69) is 5.48 Å². The van der Waals surface area contributed by atoms with Gasteiger partial charge < -0.3 is 4.90 Å². The minimum atomic E-state index is -2.80. The molecule has 0 radical (unpaired) electrons. The first-order valence-corrected chi connectivity index (χ1v) is 7.64. The van der Waals surface area contributed by atoms with Gasteiger partial charge in [-0.25, -0.2) is 14.5 Å². The molecule has 2 amide bonds. The molecule has 0 spiro atoms. The molecule has 1 atom stereocenters. The Balaban J connectivity index is 2.59. The quantitative estimate of drug-likeness (QED) is 0.772. The van der Waals surface area contributed by atoms with Gasteiger partial charge in [0.1, 0.15) is 0 Å². The van der Waals surface area contributed by atoms with Crippen molar-refractivity contribution in [2.75, 3.05) is 27.0 Å². The maximum atomic E-state index is 11.7. The summed E-state index contributed by atoms with van der Waals surface area (Å²) >= 11 is 0. The first-order chi connectivity index (χ1) is 9.21. The predicted molar refractivity (Wildman–Crippen MR) is 73.6 cm³/mol. The Morgan fingerprint density at radius 2 is 1.85 bits per heavy atom. The van der Waals surface area contributed by atoms with Crippen molar-refractivity contribution in [1.29, 1.82) is 4.78 Å². The van der Waals surface area contributed by atoms with Crippen LogP contribution in [0.5, 0.6) is 0 Å². The molecule has 110 valence electrons. The van der Waals surface area contributed by atoms with E-state index in [0.29, 0.717) is 4.90 Å². The number of rotatable bonds is 5. The molecule has 0 saturated carbocycles. The molecule has 2 N–H and O–H groups in total. The maximum absolute atomic E-state index is 11.7. The fourth-order valence-electron chi connectivity index (χ4n) is 1.22. The summed E-state index contributed by atoms with van der Waals surface area (Å²) in [6, 6.07) is 5.80. The van der Waals surface area contributed by atoms with Crippen molar-refractivity contribution in [3.8, 4) is 0 Å². The van der Waals surface area contributed by atoms with Crippen molar-refractivity contribution in [2.24, 2.45) is 0 Å². The van der Waals surface area contributed by atoms with Crippen LogP contribution in [0.4, 0.5) is 0 Å². The molecule has 1 aromatic carbocycles. The summed E-state index contributed by atoms with van der Waals surface area (Å²) in [5, 5.41) is 0. The average molecular weight is 299 g/mol. The second-order valence-corrected chi connectivity index (χ2v) is 6.53. The molecule has 0 bridgehead atoms. The van der Waals surface area contributed by atoms with Gasteiger partial charge in [-0.15, -0.1) is 0 Å². The van der Waals surface area contributed by atoms with E-state index < -0.39 is 15.6 Å². The van der Waals surface area contributed by atoms with E-state index in [1.807, 2.05) is 0 Å². The molecular formula is C12H17N3O4S. The first kappa shape index (κ1) is 16.1. The largest absolute Gasteiger partial charge is 0.347 e. The number of nitrogens with one attached hydrogen (secondary N) is 2. The van der Waals surface area contributed by atoms with Crippen molar-refractivity contribution < 1.29 is 18.6 Å². The van der Waals surface area contributed by atoms with Gasteiger partial charge in [0.25, 0.3) is 11.8 Å². The summed E-state index contributed by atoms with van der Waals surface area (Å²) in [4.78, 5) is 29.4. The lowest BCUT2D eigenvalue weighted by Gasteiger charge is -2.10. The lowest BCUT2D eigenvalue weighted by Crippen LogP contribution is -2.32. The monoisotopic (exact) mass is 299 g/mol. The van der Waals surface area contributed by atoms with Gasteiger partial charge in [-0.3, -0.25) is 14.4 Å². The van der Waals surface area contributed by atoms with Crippen LogP contribution in [-0.2, 0) is 19.4 Å². The number of hydroxylamine groups is 1. The zero-order chi connectivity index (χ0) is 15.3. The number of likely N-dealkylation sites (N-methyl/N-ethyl adjacent to an activating group) is 1. The van der Waals surface area contributed by atoms with Crippen LogP contribution in [0.1, 0.15) is 10.4 Å². The van der Waals surface area contributed by atoms with Crippen LogP contribution in [0.25, 0.3) is 0 Å². The minimum Gasteiger partial charge on any atom is -0.347 e. The molecule has 8 heteroatoms. The number of benzene rings is 1. The highest BCUT2D eigenvalue weighted by molar-refractivity contribution is 7.91. The van der Waals surface area contributed by atoms with Crippen LogP contribution in [0, 0.1) is 4.78 Å². The molecule has 0 fully saturated rings. The Morgan fingerprint density at radius 3 is 2.30 bits per heavy atom. The van der Waals surface area contributed by atoms with Gasteiger partial charge in [-0.1, -0.05) is 0 Å². The van der Waals surface area contributed by atoms with E-state index >= 15 is 0 Å². The molecule has 0 heterocycles. The van der Waals surface area contributed by atoms with E-state index in [1.54, 1.807) is 14.1 Å². The van der Waals surface area contributed by atoms with Gasteiger partial charge in [0.15, 0.2) is 6.61 Å². The molecule has 1 unspecified atom stereocenters. The van der Waals surface area contributed by atoms with Crippen LogP contribution in [0.3, 0.4) is 0 Å². The molecule has 0 aliphatic heterocycles. The molecule has 1 aromatic rings. The third-order valence-corrected chi connectivity index (χ3v) is 3.60. The summed E-state index contributed by atoms with van der Waals surface area (Å²) < 4.78 is 18.9. The zero-order valence-electron chi connectivity index (χ0n) is 11.5. The normalized spacial score (nSPS) is 13.3. The van der Waals surface area contributed by atoms with Gasteiger partial charge >= 0.3 is 0 Å². The van der Waals surface area contributed by atoms with Crippen LogP contribution in [0.15, 0.2) is 29.2 Å². The smallest absolute Gasteiger partial charge is 0.274 e. The number of amides is 2. The SMILES string of the molecule is CN(C)C(=O)CONC(=O)c1ccc(S(C)(=N)=O)cc1. The highest BCUT2D eigenvalue weighted by Gasteiger charge is 2.09. The number of carbonyl (C=O) groups excluding carboxylic acids is 2. The topological polar surface area (TPSA) is 99.6 Å². The molecule has 0 aromatic heterocycles. The Kier molecular flexibility index (Phi) is 5.23. The van der Waals surface area contributed by atoms with Crippen molar-refractivity contribution in [2.45, 2.75) is 4.90 Å². The highest BCUT2D eigenvalue weighted by atomic mass is 32.2. The van der Waals surface area contributed by atoms with Crippen LogP contribution in [-0.4, -0.2) is 47.9 Å². The van der Waals surface area contributed by atoms with E-state index in [0.717, 1.165) is 0 Å². The van der Waals surface area contributed by atoms with Crippen molar-refractivity contribution >= 4 is 21.5 Å². The molecule has 7 nitrogen and oxygen atoms in total. The minimum absolute atomic E-state index is 0.258. The predicted octanol–water partition coefficient (Wildman–Crippen LogP) is 0.472. The Labute approximate surface area is 117 Å². The highest BCUT2D eigenvalue weighted by Crippen LogP contribution is 2.10. The fourth-order valence-corrected chi connectivity index (χ4v) is 1.87. The molecule has 1 rings (SSSR count). The van der Waals surface area contributed by atoms with Gasteiger partial charge in [0, 0.05) is 30.8 Å². The fraction of sp³-hybridized carbons (Fsp3) is 0.333. The number of nitrogens with zero attached hydrogens (tertiary/aromatic N) is 1. The van der Waals surface area contributed by atoms with E-state index in [9.17, 15) is 13.8 Å². The van der Waals surface area contributed by atoms with Crippen LogP contribution < -0.4 is 5.48 Å². The second kappa shape index (κ2) is 6.49. The molecule has 20 heavy (non-hydrogen) atoms. The molecule has 0 aliphatic carbocycles. The van der Waals surface area contributed by atoms with Gasteiger partial charge in [-0.2, -0.15) is 0 Å². The summed E-state index contributed by atoms with van der Waals surface area (Å²) in [6.45, 7) is -0.258. The van der Waals surface area contributed by atoms with Gasteiger partial charge in [0.2, 0.25) is 0 Å². The van der Waals surface area contributed by atoms with E-state index in [1.165, 1.54) is 35.4 Å². The summed E-state index contributed by atoms with van der Waals surface area (Å²) in [7, 11) is 0.361. The Bertz CT molecular complexity index is 594. The van der Waals surface area contributed by atoms with Gasteiger partial charge in [0.05, 0.1) is 9.73 Å². The average Bonchev–Trinajstić information content (AvgIpc) is 2.37. The molecular weight excluding hydrogens is 282 g/mol. The lowest BCUT2D eigenvalue weighted by atomic mass is 10.2. The van der Waals surface area contributed by atoms with Gasteiger partial charge in [-0.05, 0) is 24.3 Å². The standard InChI is InChI=1S/C12H17N3O4S/c1-15(2)11(16)8-19-14-12(17)9-4-6-10(7-5-9)20(3,13)18/h4-7,13H,8H2,1-3H3,(H,14,17). The number of carbonyl (C=O) groups is 2. The molecule has 0 aliphatic rings.